The maximum Gasteiger partial charge on any atom is 0.126 e. The molecule has 0 spiro atoms. The van der Waals surface area contributed by atoms with E-state index in [0.29, 0.717) is 11.1 Å². The minimum absolute atomic E-state index is 0. The van der Waals surface area contributed by atoms with Gasteiger partial charge in [-0.05, 0) is 218 Å². The van der Waals surface area contributed by atoms with E-state index in [0.717, 1.165) is 118 Å². The molecule has 2 atom stereocenters. The van der Waals surface area contributed by atoms with E-state index in [4.69, 9.17) is 27.4 Å². The zero-order valence-corrected chi connectivity index (χ0v) is 84.7. The Morgan fingerprint density at radius 3 is 0.799 bits per heavy atom. The van der Waals surface area contributed by atoms with Crippen LogP contribution in [-0.4, -0.2) is 39.9 Å². The summed E-state index contributed by atoms with van der Waals surface area (Å²) < 4.78 is 189. The fourth-order valence-electron chi connectivity index (χ4n) is 13.2. The van der Waals surface area contributed by atoms with E-state index in [2.05, 4.69) is 126 Å². The summed E-state index contributed by atoms with van der Waals surface area (Å²) >= 11 is 0. The van der Waals surface area contributed by atoms with E-state index in [9.17, 15) is 13.2 Å². The van der Waals surface area contributed by atoms with Crippen molar-refractivity contribution in [2.45, 2.75) is 74.2 Å². The van der Waals surface area contributed by atoms with Crippen LogP contribution in [0.25, 0.3) is 135 Å². The zero-order valence-electron chi connectivity index (χ0n) is 95.2. The molecule has 0 saturated carbocycles. The first-order valence-corrected chi connectivity index (χ1v) is 42.7. The second kappa shape index (κ2) is 57.4. The van der Waals surface area contributed by atoms with Gasteiger partial charge >= 0.3 is 0 Å². The van der Waals surface area contributed by atoms with Crippen molar-refractivity contribution in [2.75, 3.05) is 0 Å². The van der Waals surface area contributed by atoms with Crippen LogP contribution < -0.4 is 0 Å². The molecule has 702 valence electrons. The van der Waals surface area contributed by atoms with Gasteiger partial charge in [0.05, 0.1) is 0 Å². The predicted octanol–water partition coefficient (Wildman–Crippen LogP) is 31.3. The summed E-state index contributed by atoms with van der Waals surface area (Å²) in [6.45, 7) is -8.87. The van der Waals surface area contributed by atoms with Crippen molar-refractivity contribution < 1.29 is 121 Å². The van der Waals surface area contributed by atoms with E-state index < -0.39 is 64.5 Å². The first-order chi connectivity index (χ1) is 73.8. The van der Waals surface area contributed by atoms with Crippen LogP contribution in [0.1, 0.15) is 99.8 Å². The Kier molecular flexibility index (Phi) is 34.0. The smallest absolute Gasteiger partial charge is 0.126 e. The molecule has 0 aliphatic heterocycles. The van der Waals surface area contributed by atoms with Gasteiger partial charge in [-0.1, -0.05) is 173 Å². The molecule has 20 aromatic rings. The molecule has 0 bridgehead atoms. The third-order valence-electron chi connectivity index (χ3n) is 20.2. The summed E-state index contributed by atoms with van der Waals surface area (Å²) in [6.07, 6.45) is 12.4. The summed E-state index contributed by atoms with van der Waals surface area (Å²) in [5.41, 5.74) is 23.0. The summed E-state index contributed by atoms with van der Waals surface area (Å²) in [7, 11) is 0. The normalized spacial score (nSPS) is 13.6. The fourth-order valence-corrected chi connectivity index (χ4v) is 13.2. The van der Waals surface area contributed by atoms with Crippen molar-refractivity contribution >= 4 is 0 Å². The standard InChI is InChI=1S/C21H19FN.C20H17FN.C18H14N.C17H11FN.4C12H10N.4Ir/c1-15(2)12-19-13-17(8-10-20(19)22)18-9-11-21(23-14-18)16-6-4-3-5-7-16;1-14(2)18-12-16(8-10-19(18)21)17-9-11-20(22-13-17)15-6-4-3-5-7-15;1-14-7-5-6-10-17(14)16-11-12-18(19-13-16)15-8-3-2-4-9-15;18-16-9-6-13(7-10-16)15-8-11-17(19-12-15)14-4-2-1-3-5-14;4*1-10-7-8-12(13-9-10)11-5-3-2-4-6-11;;;;/h3-6,8-11,13-15H,12H2,1-2H3;3-6,8-14H,1-2H3;2-8,10-13H,1H3;1-4,6-12H;4*2-5,7-9H,1H3;;;;/q8*-1;;;;/i1D3,15D;1D3,14D;;;4*1D3;;;;. The number of halogens is 3. The molecule has 139 heavy (non-hydrogen) atoms. The molecule has 0 aliphatic rings. The molecule has 15 heteroatoms. The molecule has 20 rings (SSSR count). The third kappa shape index (κ3) is 34.1. The van der Waals surface area contributed by atoms with Gasteiger partial charge in [0.2, 0.25) is 0 Å². The minimum Gasteiger partial charge on any atom is -0.304 e. The van der Waals surface area contributed by atoms with Crippen molar-refractivity contribution in [2.24, 2.45) is 5.89 Å². The van der Waals surface area contributed by atoms with Crippen LogP contribution in [0, 0.1) is 106 Å². The first kappa shape index (κ1) is 82.3. The molecule has 2 unspecified atom stereocenters. The van der Waals surface area contributed by atoms with Crippen molar-refractivity contribution in [1.29, 1.82) is 0 Å². The predicted molar refractivity (Wildman–Crippen MR) is 546 cm³/mol. The van der Waals surface area contributed by atoms with Crippen molar-refractivity contribution in [3.05, 3.63) is 531 Å². The number of pyridine rings is 8. The van der Waals surface area contributed by atoms with Gasteiger partial charge < -0.3 is 39.9 Å². The molecule has 8 heterocycles. The quantitative estimate of drug-likeness (QED) is 0.0935. The van der Waals surface area contributed by atoms with Crippen LogP contribution in [0.15, 0.2) is 426 Å². The molecule has 12 aromatic carbocycles. The van der Waals surface area contributed by atoms with Crippen LogP contribution in [0.4, 0.5) is 13.2 Å². The third-order valence-corrected chi connectivity index (χ3v) is 20.2. The molecular formula is C124H101F3Ir4N8-8. The molecule has 8 aromatic heterocycles. The van der Waals surface area contributed by atoms with Gasteiger partial charge in [-0.25, -0.2) is 13.2 Å². The van der Waals surface area contributed by atoms with E-state index in [-0.39, 0.29) is 126 Å². The Morgan fingerprint density at radius 2 is 0.532 bits per heavy atom. The molecular weight excluding hydrogens is 2430 g/mol. The number of hydrogen-bond donors (Lipinski definition) is 0. The van der Waals surface area contributed by atoms with Gasteiger partial charge in [0.25, 0.3) is 0 Å². The second-order valence-corrected chi connectivity index (χ2v) is 30.1. The van der Waals surface area contributed by atoms with Crippen LogP contribution in [0.3, 0.4) is 0 Å². The number of benzene rings is 12. The molecule has 0 fully saturated rings. The van der Waals surface area contributed by atoms with Crippen molar-refractivity contribution in [3.63, 3.8) is 0 Å². The van der Waals surface area contributed by atoms with Crippen molar-refractivity contribution in [3.8, 4) is 135 Å². The van der Waals surface area contributed by atoms with Crippen molar-refractivity contribution in [1.82, 2.24) is 39.9 Å². The van der Waals surface area contributed by atoms with Crippen LogP contribution in [-0.2, 0) is 86.8 Å². The average molecular weight is 2550 g/mol. The summed E-state index contributed by atoms with van der Waals surface area (Å²) in [4.78, 5) is 34.3. The molecule has 4 radical (unpaired) electrons. The monoisotopic (exact) mass is 2550 g/mol. The Balaban J connectivity index is 0.000000201. The van der Waals surface area contributed by atoms with Crippen LogP contribution in [0.5, 0.6) is 0 Å². The Morgan fingerprint density at radius 1 is 0.266 bits per heavy atom. The Bertz CT molecular complexity index is 7420. The van der Waals surface area contributed by atoms with Gasteiger partial charge in [0.15, 0.2) is 0 Å². The molecule has 0 aliphatic carbocycles. The number of hydrogen-bond acceptors (Lipinski definition) is 8. The van der Waals surface area contributed by atoms with Crippen LogP contribution in [0.2, 0.25) is 0 Å². The van der Waals surface area contributed by atoms with E-state index in [1.165, 1.54) is 80.1 Å². The average Bonchev–Trinajstić information content (AvgIpc) is 0.768. The summed E-state index contributed by atoms with van der Waals surface area (Å²) in [6, 6.07) is 137. The van der Waals surface area contributed by atoms with Crippen LogP contribution >= 0.6 is 0 Å². The van der Waals surface area contributed by atoms with E-state index in [1.807, 2.05) is 212 Å². The minimum atomic E-state index is -2.64. The summed E-state index contributed by atoms with van der Waals surface area (Å²) in [5, 5.41) is 0. The van der Waals surface area contributed by atoms with Gasteiger partial charge in [0.1, 0.15) is 17.5 Å². The maximum absolute atomic E-state index is 14.2. The van der Waals surface area contributed by atoms with Gasteiger partial charge in [0, 0.05) is 157 Å². The van der Waals surface area contributed by atoms with Gasteiger partial charge in [-0.2, -0.15) is 0 Å². The van der Waals surface area contributed by atoms with E-state index in [1.54, 1.807) is 128 Å². The zero-order chi connectivity index (χ0) is 111. The largest absolute Gasteiger partial charge is 0.304 e. The summed E-state index contributed by atoms with van der Waals surface area (Å²) in [5.74, 6) is -5.25. The first-order valence-electron chi connectivity index (χ1n) is 52.7. The van der Waals surface area contributed by atoms with E-state index >= 15 is 0 Å². The number of aryl methyl sites for hydroxylation is 5. The molecule has 8 nitrogen and oxygen atoms in total. The molecule has 0 amide bonds. The number of rotatable bonds is 15. The SMILES string of the molecule is Cc1ccccc1-c1ccc(-c2[c-]cccc2)nc1.Fc1ccc(-c2ccc(-c3[c-]cccc3)nc2)cc1.[2H]C([2H])([2H])C([2H])(C)Cc1cc(-c2ccc(-c3[c-]cccc3)nc2)ccc1F.[2H]C([2H])([2H])C([2H])(C)c1cc(-c2ccc(-c3[c-]cccc3)nc2)ccc1F.[2H]C([2H])([2H])c1ccc(-c2[c-]cccc2)nc1.[2H]C([2H])([2H])c1ccc(-c2[c-]cccc2)nc1.[2H]C([2H])([2H])c1ccc(-c2[c-]cccc2)nc1.[2H]C([2H])([2H])c1ccc(-c2[c-]cccc2)nc1.[Ir].[Ir].[Ir].[Ir]. The maximum atomic E-state index is 14.2. The second-order valence-electron chi connectivity index (χ2n) is 30.1. The topological polar surface area (TPSA) is 103 Å². The number of aromatic nitrogens is 8. The number of nitrogens with zero attached hydrogens (tertiary/aromatic N) is 8. The van der Waals surface area contributed by atoms with Gasteiger partial charge in [-0.3, -0.25) is 0 Å². The molecule has 0 N–H and O–H groups in total. The fraction of sp³-hybridized carbons (Fsp3) is 0.0968. The Labute approximate surface area is 899 Å². The molecule has 0 saturated heterocycles. The Hall–Kier alpha value is -13.8. The van der Waals surface area contributed by atoms with Gasteiger partial charge in [-0.15, -0.1) is 287 Å².